The molecule has 0 aromatic carbocycles. The highest BCUT2D eigenvalue weighted by Crippen LogP contribution is 2.21. The molecule has 0 bridgehead atoms. The first-order valence-electron chi connectivity index (χ1n) is 6.99. The van der Waals surface area contributed by atoms with E-state index in [1.165, 1.54) is 0 Å². The molecule has 110 valence electrons. The molecule has 0 spiro atoms. The molecule has 2 rings (SSSR count). The summed E-state index contributed by atoms with van der Waals surface area (Å²) in [7, 11) is 0. The van der Waals surface area contributed by atoms with Crippen molar-refractivity contribution in [1.82, 2.24) is 15.2 Å². The number of hydrogen-bond acceptors (Lipinski definition) is 5. The molecular weight excluding hydrogens is 282 g/mol. The van der Waals surface area contributed by atoms with Crippen LogP contribution in [0.15, 0.2) is 24.4 Å². The van der Waals surface area contributed by atoms with Gasteiger partial charge in [0.1, 0.15) is 4.99 Å². The van der Waals surface area contributed by atoms with Crippen LogP contribution in [0.4, 0.5) is 5.82 Å². The molecule has 6 heteroatoms. The Morgan fingerprint density at radius 3 is 2.62 bits per heavy atom. The highest BCUT2D eigenvalue weighted by molar-refractivity contribution is 7.80. The number of pyridine rings is 1. The fraction of sp³-hybridized carbons (Fsp3) is 0.333. The lowest BCUT2D eigenvalue weighted by atomic mass is 10.0. The summed E-state index contributed by atoms with van der Waals surface area (Å²) in [6.07, 6.45) is 3.39. The van der Waals surface area contributed by atoms with Crippen LogP contribution in [-0.4, -0.2) is 20.2 Å². The zero-order chi connectivity index (χ0) is 15.2. The Bertz CT molecular complexity index is 627. The summed E-state index contributed by atoms with van der Waals surface area (Å²) < 4.78 is 0. The van der Waals surface area contributed by atoms with Crippen LogP contribution in [0.3, 0.4) is 0 Å². The van der Waals surface area contributed by atoms with Crippen molar-refractivity contribution < 1.29 is 0 Å². The molecule has 2 aromatic rings. The molecule has 0 aliphatic heterocycles. The topological polar surface area (TPSA) is 76.7 Å². The van der Waals surface area contributed by atoms with Gasteiger partial charge in [0.25, 0.3) is 0 Å². The van der Waals surface area contributed by atoms with Crippen LogP contribution in [0.25, 0.3) is 0 Å². The molecule has 2 heterocycles. The molecule has 0 saturated carbocycles. The molecule has 0 amide bonds. The summed E-state index contributed by atoms with van der Waals surface area (Å²) in [5.74, 6) is 0.627. The summed E-state index contributed by atoms with van der Waals surface area (Å²) in [4.78, 5) is 4.62. The van der Waals surface area contributed by atoms with Gasteiger partial charge in [-0.1, -0.05) is 32.1 Å². The lowest BCUT2D eigenvalue weighted by Gasteiger charge is -2.15. The Morgan fingerprint density at radius 2 is 2.05 bits per heavy atom. The van der Waals surface area contributed by atoms with E-state index in [1.807, 2.05) is 25.1 Å². The minimum atomic E-state index is 0.347. The Labute approximate surface area is 130 Å². The summed E-state index contributed by atoms with van der Waals surface area (Å²) in [6, 6.07) is 5.78. The molecule has 0 fully saturated rings. The van der Waals surface area contributed by atoms with Crippen molar-refractivity contribution in [3.8, 4) is 0 Å². The molecular formula is C15H19N5S. The van der Waals surface area contributed by atoms with Gasteiger partial charge in [-0.2, -0.15) is 5.10 Å². The van der Waals surface area contributed by atoms with Crippen molar-refractivity contribution in [2.24, 2.45) is 5.73 Å². The quantitative estimate of drug-likeness (QED) is 0.797. The van der Waals surface area contributed by atoms with Crippen LogP contribution in [0.2, 0.25) is 0 Å². The number of thiocarbonyl (C=S) groups is 1. The molecule has 5 nitrogen and oxygen atoms in total. The number of hydrogen-bond donors (Lipinski definition) is 2. The fourth-order valence-electron chi connectivity index (χ4n) is 2.24. The number of nitrogens with one attached hydrogen (secondary N) is 1. The predicted molar refractivity (Wildman–Crippen MR) is 88.2 cm³/mol. The van der Waals surface area contributed by atoms with Crippen LogP contribution < -0.4 is 11.1 Å². The minimum Gasteiger partial charge on any atom is -0.389 e. The van der Waals surface area contributed by atoms with Crippen molar-refractivity contribution in [3.63, 3.8) is 0 Å². The molecule has 3 N–H and O–H groups in total. The molecule has 0 aliphatic rings. The second kappa shape index (κ2) is 7.08. The Kier molecular flexibility index (Phi) is 5.16. The first-order chi connectivity index (χ1) is 10.2. The first-order valence-corrected chi connectivity index (χ1v) is 7.40. The standard InChI is InChI=1S/C15H19N5S/c1-3-11-12(4-2)19-20-15(13(11)14(16)21)18-9-10-7-5-6-8-17-10/h5-8H,3-4,9H2,1-2H3,(H2,16,21)(H,18,20). The average molecular weight is 301 g/mol. The van der Waals surface area contributed by atoms with Crippen LogP contribution in [0, 0.1) is 0 Å². The lowest BCUT2D eigenvalue weighted by Crippen LogP contribution is -2.19. The normalized spacial score (nSPS) is 10.4. The van der Waals surface area contributed by atoms with E-state index < -0.39 is 0 Å². The maximum Gasteiger partial charge on any atom is 0.159 e. The van der Waals surface area contributed by atoms with Gasteiger partial charge in [-0.05, 0) is 30.5 Å². The van der Waals surface area contributed by atoms with E-state index in [0.29, 0.717) is 17.4 Å². The highest BCUT2D eigenvalue weighted by Gasteiger charge is 2.16. The van der Waals surface area contributed by atoms with Crippen molar-refractivity contribution in [2.45, 2.75) is 33.2 Å². The van der Waals surface area contributed by atoms with Gasteiger partial charge in [-0.15, -0.1) is 5.10 Å². The Hall–Kier alpha value is -2.08. The van der Waals surface area contributed by atoms with Gasteiger partial charge in [0.15, 0.2) is 5.82 Å². The van der Waals surface area contributed by atoms with Crippen LogP contribution in [-0.2, 0) is 19.4 Å². The van der Waals surface area contributed by atoms with Crippen LogP contribution in [0.5, 0.6) is 0 Å². The lowest BCUT2D eigenvalue weighted by molar-refractivity contribution is 0.868. The van der Waals surface area contributed by atoms with E-state index in [9.17, 15) is 0 Å². The third-order valence-electron chi connectivity index (χ3n) is 3.26. The smallest absolute Gasteiger partial charge is 0.159 e. The maximum atomic E-state index is 5.89. The number of aryl methyl sites for hydroxylation is 1. The highest BCUT2D eigenvalue weighted by atomic mass is 32.1. The minimum absolute atomic E-state index is 0.347. The number of aromatic nitrogens is 3. The van der Waals surface area contributed by atoms with Gasteiger partial charge < -0.3 is 11.1 Å². The van der Waals surface area contributed by atoms with Crippen molar-refractivity contribution in [1.29, 1.82) is 0 Å². The monoisotopic (exact) mass is 301 g/mol. The Balaban J connectivity index is 2.32. The second-order valence-corrected chi connectivity index (χ2v) is 5.03. The van der Waals surface area contributed by atoms with Crippen molar-refractivity contribution >= 4 is 23.0 Å². The zero-order valence-electron chi connectivity index (χ0n) is 12.3. The van der Waals surface area contributed by atoms with Gasteiger partial charge in [-0.25, -0.2) is 0 Å². The Morgan fingerprint density at radius 1 is 1.24 bits per heavy atom. The van der Waals surface area contributed by atoms with Gasteiger partial charge in [0.2, 0.25) is 0 Å². The number of anilines is 1. The second-order valence-electron chi connectivity index (χ2n) is 4.59. The molecule has 0 unspecified atom stereocenters. The molecule has 21 heavy (non-hydrogen) atoms. The maximum absolute atomic E-state index is 5.89. The van der Waals surface area contributed by atoms with Gasteiger partial charge >= 0.3 is 0 Å². The zero-order valence-corrected chi connectivity index (χ0v) is 13.1. The van der Waals surface area contributed by atoms with E-state index >= 15 is 0 Å². The summed E-state index contributed by atoms with van der Waals surface area (Å²) in [5.41, 5.74) is 9.64. The van der Waals surface area contributed by atoms with Crippen LogP contribution >= 0.6 is 12.2 Å². The number of rotatable bonds is 6. The largest absolute Gasteiger partial charge is 0.389 e. The molecule has 0 aliphatic carbocycles. The third kappa shape index (κ3) is 3.52. The summed E-state index contributed by atoms with van der Waals surface area (Å²) in [5, 5.41) is 11.7. The van der Waals surface area contributed by atoms with Crippen molar-refractivity contribution in [3.05, 3.63) is 46.9 Å². The average Bonchev–Trinajstić information content (AvgIpc) is 2.52. The molecule has 0 saturated heterocycles. The predicted octanol–water partition coefficient (Wildman–Crippen LogP) is 2.24. The SMILES string of the molecule is CCc1nnc(NCc2ccccn2)c(C(N)=S)c1CC. The van der Waals surface area contributed by atoms with Crippen LogP contribution in [0.1, 0.15) is 36.4 Å². The molecule has 0 radical (unpaired) electrons. The van der Waals surface area contributed by atoms with E-state index in [-0.39, 0.29) is 0 Å². The number of nitrogens with zero attached hydrogens (tertiary/aromatic N) is 3. The fourth-order valence-corrected chi connectivity index (χ4v) is 2.46. The van der Waals surface area contributed by atoms with Gasteiger partial charge in [0, 0.05) is 6.20 Å². The van der Waals surface area contributed by atoms with E-state index in [4.69, 9.17) is 18.0 Å². The van der Waals surface area contributed by atoms with Gasteiger partial charge in [-0.3, -0.25) is 4.98 Å². The van der Waals surface area contributed by atoms with E-state index in [2.05, 4.69) is 27.4 Å². The third-order valence-corrected chi connectivity index (χ3v) is 3.46. The van der Waals surface area contributed by atoms with E-state index in [0.717, 1.165) is 35.4 Å². The number of nitrogens with two attached hydrogens (primary N) is 1. The summed E-state index contributed by atoms with van der Waals surface area (Å²) in [6.45, 7) is 4.67. The van der Waals surface area contributed by atoms with Crippen molar-refractivity contribution in [2.75, 3.05) is 5.32 Å². The van der Waals surface area contributed by atoms with Gasteiger partial charge in [0.05, 0.1) is 23.5 Å². The molecule has 2 aromatic heterocycles. The van der Waals surface area contributed by atoms with E-state index in [1.54, 1.807) is 6.20 Å². The summed E-state index contributed by atoms with van der Waals surface area (Å²) >= 11 is 5.20. The first kappa shape index (κ1) is 15.3. The molecule has 0 atom stereocenters.